The minimum absolute atomic E-state index is 0.145. The summed E-state index contributed by atoms with van der Waals surface area (Å²) >= 11 is 2.23. The fourth-order valence-corrected chi connectivity index (χ4v) is 0.979. The first-order valence-electron chi connectivity index (χ1n) is 4.02. The first kappa shape index (κ1) is 12.2. The molecule has 72 valence electrons. The molecule has 0 radical (unpaired) electrons. The molecule has 0 rings (SSSR count). The van der Waals surface area contributed by atoms with Crippen LogP contribution in [-0.2, 0) is 14.3 Å². The molecule has 0 aliphatic rings. The maximum Gasteiger partial charge on any atom is 0.310 e. The first-order valence-corrected chi connectivity index (χ1v) is 5.55. The highest BCUT2D eigenvalue weighted by molar-refractivity contribution is 14.1. The summed E-state index contributed by atoms with van der Waals surface area (Å²) in [5.74, 6) is -0.321. The minimum Gasteiger partial charge on any atom is -0.466 e. The van der Waals surface area contributed by atoms with Gasteiger partial charge in [-0.2, -0.15) is 0 Å². The van der Waals surface area contributed by atoms with Gasteiger partial charge in [-0.1, -0.05) is 22.6 Å². The zero-order valence-electron chi connectivity index (χ0n) is 7.51. The third kappa shape index (κ3) is 5.77. The van der Waals surface area contributed by atoms with E-state index in [0.29, 0.717) is 19.8 Å². The van der Waals surface area contributed by atoms with Crippen molar-refractivity contribution in [1.29, 1.82) is 0 Å². The highest BCUT2D eigenvalue weighted by Gasteiger charge is 2.13. The van der Waals surface area contributed by atoms with Crippen molar-refractivity contribution in [2.45, 2.75) is 13.8 Å². The Balaban J connectivity index is 3.42. The van der Waals surface area contributed by atoms with Crippen LogP contribution in [0.25, 0.3) is 0 Å². The molecule has 12 heavy (non-hydrogen) atoms. The van der Waals surface area contributed by atoms with Gasteiger partial charge in [0.25, 0.3) is 0 Å². The van der Waals surface area contributed by atoms with Crippen molar-refractivity contribution >= 4 is 28.6 Å². The smallest absolute Gasteiger partial charge is 0.310 e. The van der Waals surface area contributed by atoms with E-state index in [4.69, 9.17) is 9.47 Å². The fraction of sp³-hybridized carbons (Fsp3) is 0.875. The van der Waals surface area contributed by atoms with Gasteiger partial charge in [-0.05, 0) is 13.8 Å². The molecule has 0 bridgehead atoms. The molecule has 0 amide bonds. The molecule has 0 saturated carbocycles. The average Bonchev–Trinajstić information content (AvgIpc) is 2.05. The van der Waals surface area contributed by atoms with Crippen molar-refractivity contribution in [3.05, 3.63) is 0 Å². The maximum atomic E-state index is 11.0. The van der Waals surface area contributed by atoms with Crippen molar-refractivity contribution in [3.8, 4) is 0 Å². The summed E-state index contributed by atoms with van der Waals surface area (Å²) in [5.41, 5.74) is 0. The standard InChI is InChI=1S/C8H15IO3/c1-3-12-8(10)7(2)6-11-5-4-9/h7H,3-6H2,1-2H3. The zero-order valence-corrected chi connectivity index (χ0v) is 9.67. The van der Waals surface area contributed by atoms with Crippen LogP contribution < -0.4 is 0 Å². The van der Waals surface area contributed by atoms with E-state index in [0.717, 1.165) is 4.43 Å². The number of halogens is 1. The van der Waals surface area contributed by atoms with E-state index in [1.165, 1.54) is 0 Å². The van der Waals surface area contributed by atoms with Crippen molar-refractivity contribution in [2.75, 3.05) is 24.2 Å². The van der Waals surface area contributed by atoms with Gasteiger partial charge < -0.3 is 9.47 Å². The SMILES string of the molecule is CCOC(=O)C(C)COCCI. The summed E-state index contributed by atoms with van der Waals surface area (Å²) < 4.78 is 11.0. The van der Waals surface area contributed by atoms with Gasteiger partial charge in [0.1, 0.15) is 0 Å². The normalized spacial score (nSPS) is 12.6. The zero-order chi connectivity index (χ0) is 9.40. The highest BCUT2D eigenvalue weighted by Crippen LogP contribution is 1.99. The number of esters is 1. The van der Waals surface area contributed by atoms with Gasteiger partial charge in [0, 0.05) is 4.43 Å². The Labute approximate surface area is 86.9 Å². The molecule has 3 nitrogen and oxygen atoms in total. The Bertz CT molecular complexity index is 127. The van der Waals surface area contributed by atoms with Gasteiger partial charge in [0.15, 0.2) is 0 Å². The average molecular weight is 286 g/mol. The summed E-state index contributed by atoms with van der Waals surface area (Å²) in [6.45, 7) is 5.21. The lowest BCUT2D eigenvalue weighted by Crippen LogP contribution is -2.20. The number of hydrogen-bond acceptors (Lipinski definition) is 3. The molecule has 1 unspecified atom stereocenters. The van der Waals surface area contributed by atoms with E-state index >= 15 is 0 Å². The lowest BCUT2D eigenvalue weighted by Gasteiger charge is -2.09. The van der Waals surface area contributed by atoms with Crippen LogP contribution >= 0.6 is 22.6 Å². The van der Waals surface area contributed by atoms with Crippen LogP contribution in [0.4, 0.5) is 0 Å². The third-order valence-electron chi connectivity index (χ3n) is 1.28. The summed E-state index contributed by atoms with van der Waals surface area (Å²) in [5, 5.41) is 0. The Morgan fingerprint density at radius 1 is 1.58 bits per heavy atom. The Morgan fingerprint density at radius 3 is 2.75 bits per heavy atom. The monoisotopic (exact) mass is 286 g/mol. The lowest BCUT2D eigenvalue weighted by atomic mass is 10.2. The Hall–Kier alpha value is 0.160. The van der Waals surface area contributed by atoms with E-state index in [2.05, 4.69) is 22.6 Å². The number of hydrogen-bond donors (Lipinski definition) is 0. The van der Waals surface area contributed by atoms with Crippen molar-refractivity contribution in [2.24, 2.45) is 5.92 Å². The van der Waals surface area contributed by atoms with Crippen molar-refractivity contribution in [3.63, 3.8) is 0 Å². The predicted molar refractivity (Wildman–Crippen MR) is 55.5 cm³/mol. The predicted octanol–water partition coefficient (Wildman–Crippen LogP) is 1.64. The summed E-state index contributed by atoms with van der Waals surface area (Å²) in [7, 11) is 0. The van der Waals surface area contributed by atoms with Crippen LogP contribution in [-0.4, -0.2) is 30.2 Å². The largest absolute Gasteiger partial charge is 0.466 e. The van der Waals surface area contributed by atoms with E-state index in [-0.39, 0.29) is 11.9 Å². The van der Waals surface area contributed by atoms with Gasteiger partial charge in [-0.3, -0.25) is 4.79 Å². The van der Waals surface area contributed by atoms with Crippen LogP contribution in [0.2, 0.25) is 0 Å². The van der Waals surface area contributed by atoms with Crippen LogP contribution in [0.15, 0.2) is 0 Å². The molecule has 0 aliphatic carbocycles. The van der Waals surface area contributed by atoms with Gasteiger partial charge in [0.05, 0.1) is 25.7 Å². The molecule has 0 aromatic heterocycles. The van der Waals surface area contributed by atoms with Crippen LogP contribution in [0.5, 0.6) is 0 Å². The maximum absolute atomic E-state index is 11.0. The number of rotatable bonds is 6. The van der Waals surface area contributed by atoms with Crippen LogP contribution in [0.1, 0.15) is 13.8 Å². The second-order valence-electron chi connectivity index (χ2n) is 2.42. The Morgan fingerprint density at radius 2 is 2.25 bits per heavy atom. The number of carbonyl (C=O) groups excluding carboxylic acids is 1. The fourth-order valence-electron chi connectivity index (χ4n) is 0.667. The quantitative estimate of drug-likeness (QED) is 0.322. The van der Waals surface area contributed by atoms with E-state index < -0.39 is 0 Å². The molecular formula is C8H15IO3. The Kier molecular flexibility index (Phi) is 7.89. The molecule has 0 aromatic rings. The van der Waals surface area contributed by atoms with Gasteiger partial charge in [-0.15, -0.1) is 0 Å². The van der Waals surface area contributed by atoms with Crippen molar-refractivity contribution < 1.29 is 14.3 Å². The molecule has 0 saturated heterocycles. The molecule has 0 fully saturated rings. The highest BCUT2D eigenvalue weighted by atomic mass is 127. The molecule has 0 N–H and O–H groups in total. The molecule has 1 atom stereocenters. The number of alkyl halides is 1. The van der Waals surface area contributed by atoms with Gasteiger partial charge in [-0.25, -0.2) is 0 Å². The topological polar surface area (TPSA) is 35.5 Å². The summed E-state index contributed by atoms with van der Waals surface area (Å²) in [4.78, 5) is 11.0. The van der Waals surface area contributed by atoms with E-state index in [1.807, 2.05) is 6.92 Å². The minimum atomic E-state index is -0.175. The number of carbonyl (C=O) groups is 1. The molecule has 0 aliphatic heterocycles. The second kappa shape index (κ2) is 7.79. The molecule has 0 heterocycles. The molecular weight excluding hydrogens is 271 g/mol. The van der Waals surface area contributed by atoms with E-state index in [1.54, 1.807) is 6.92 Å². The second-order valence-corrected chi connectivity index (χ2v) is 3.50. The first-order chi connectivity index (χ1) is 5.72. The van der Waals surface area contributed by atoms with E-state index in [9.17, 15) is 4.79 Å². The van der Waals surface area contributed by atoms with Gasteiger partial charge >= 0.3 is 5.97 Å². The summed E-state index contributed by atoms with van der Waals surface area (Å²) in [6, 6.07) is 0. The van der Waals surface area contributed by atoms with Crippen LogP contribution in [0, 0.1) is 5.92 Å². The lowest BCUT2D eigenvalue weighted by molar-refractivity contribution is -0.149. The van der Waals surface area contributed by atoms with Gasteiger partial charge in [0.2, 0.25) is 0 Å². The van der Waals surface area contributed by atoms with Crippen molar-refractivity contribution in [1.82, 2.24) is 0 Å². The molecule has 4 heteroatoms. The molecule has 0 spiro atoms. The molecule has 0 aromatic carbocycles. The van der Waals surface area contributed by atoms with Crippen LogP contribution in [0.3, 0.4) is 0 Å². The number of ether oxygens (including phenoxy) is 2. The summed E-state index contributed by atoms with van der Waals surface area (Å²) in [6.07, 6.45) is 0. The third-order valence-corrected chi connectivity index (χ3v) is 1.72.